The van der Waals surface area contributed by atoms with Crippen molar-refractivity contribution in [3.8, 4) is 11.3 Å². The normalized spacial score (nSPS) is 11.3. The number of carbonyl (C=O) groups is 1. The summed E-state index contributed by atoms with van der Waals surface area (Å²) in [5.74, 6) is -0.323. The molecule has 4 aromatic rings. The summed E-state index contributed by atoms with van der Waals surface area (Å²) in [6, 6.07) is 9.78. The minimum absolute atomic E-state index is 0.130. The van der Waals surface area contributed by atoms with Crippen molar-refractivity contribution in [3.05, 3.63) is 81.8 Å². The van der Waals surface area contributed by atoms with E-state index < -0.39 is 0 Å². The summed E-state index contributed by atoms with van der Waals surface area (Å²) in [6.07, 6.45) is 5.40. The molecule has 4 aromatic heterocycles. The molecule has 0 saturated carbocycles. The lowest BCUT2D eigenvalue weighted by atomic mass is 10.1. The van der Waals surface area contributed by atoms with E-state index in [4.69, 9.17) is 0 Å². The van der Waals surface area contributed by atoms with Crippen LogP contribution in [0.1, 0.15) is 47.2 Å². The van der Waals surface area contributed by atoms with Crippen LogP contribution in [0.2, 0.25) is 0 Å². The number of hydrogen-bond donors (Lipinski definition) is 2. The number of nitrogens with zero attached hydrogens (tertiary/aromatic N) is 3. The molecule has 0 atom stereocenters. The molecule has 0 aliphatic rings. The molecule has 31 heavy (non-hydrogen) atoms. The van der Waals surface area contributed by atoms with Crippen molar-refractivity contribution in [2.24, 2.45) is 0 Å². The van der Waals surface area contributed by atoms with Crippen molar-refractivity contribution < 1.29 is 4.79 Å². The van der Waals surface area contributed by atoms with Gasteiger partial charge >= 0.3 is 0 Å². The van der Waals surface area contributed by atoms with E-state index in [9.17, 15) is 9.59 Å². The molecule has 4 rings (SSSR count). The van der Waals surface area contributed by atoms with Gasteiger partial charge in [-0.25, -0.2) is 4.98 Å². The molecule has 0 aromatic carbocycles. The van der Waals surface area contributed by atoms with E-state index in [1.54, 1.807) is 12.4 Å². The van der Waals surface area contributed by atoms with Gasteiger partial charge in [-0.2, -0.15) is 0 Å². The number of hydrogen-bond acceptors (Lipinski definition) is 4. The Labute approximate surface area is 180 Å². The minimum Gasteiger partial charge on any atom is -0.346 e. The van der Waals surface area contributed by atoms with Crippen LogP contribution in [-0.4, -0.2) is 25.4 Å². The maximum atomic E-state index is 13.2. The lowest BCUT2D eigenvalue weighted by molar-refractivity contribution is 0.0947. The summed E-state index contributed by atoms with van der Waals surface area (Å²) < 4.78 is 2.11. The number of H-pyrrole nitrogens is 1. The van der Waals surface area contributed by atoms with E-state index in [1.807, 2.05) is 50.4 Å². The Kier molecular flexibility index (Phi) is 5.42. The summed E-state index contributed by atoms with van der Waals surface area (Å²) in [7, 11) is 0. The molecule has 7 heteroatoms. The fraction of sp³-hybridized carbons (Fsp3) is 0.250. The number of rotatable bonds is 5. The zero-order valence-electron chi connectivity index (χ0n) is 18.1. The van der Waals surface area contributed by atoms with Crippen LogP contribution in [-0.2, 0) is 6.54 Å². The second-order valence-corrected chi connectivity index (χ2v) is 7.97. The summed E-state index contributed by atoms with van der Waals surface area (Å²) in [5, 5.41) is 3.65. The van der Waals surface area contributed by atoms with Crippen molar-refractivity contribution in [1.29, 1.82) is 0 Å². The van der Waals surface area contributed by atoms with Crippen molar-refractivity contribution in [1.82, 2.24) is 24.8 Å². The maximum Gasteiger partial charge on any atom is 0.270 e. The zero-order chi connectivity index (χ0) is 22.1. The summed E-state index contributed by atoms with van der Waals surface area (Å²) in [6.45, 7) is 8.02. The van der Waals surface area contributed by atoms with E-state index in [1.165, 1.54) is 0 Å². The first-order chi connectivity index (χ1) is 14.8. The number of aryl methyl sites for hydroxylation is 2. The first kappa shape index (κ1) is 20.5. The zero-order valence-corrected chi connectivity index (χ0v) is 18.1. The smallest absolute Gasteiger partial charge is 0.270 e. The van der Waals surface area contributed by atoms with Gasteiger partial charge in [0.1, 0.15) is 5.69 Å². The van der Waals surface area contributed by atoms with Crippen molar-refractivity contribution in [3.63, 3.8) is 0 Å². The molecule has 4 heterocycles. The van der Waals surface area contributed by atoms with E-state index >= 15 is 0 Å². The lowest BCUT2D eigenvalue weighted by Gasteiger charge is -2.13. The largest absolute Gasteiger partial charge is 0.346 e. The average molecular weight is 415 g/mol. The van der Waals surface area contributed by atoms with Crippen LogP contribution in [0.4, 0.5) is 0 Å². The van der Waals surface area contributed by atoms with Crippen LogP contribution in [0.5, 0.6) is 0 Å². The first-order valence-corrected chi connectivity index (χ1v) is 10.2. The number of nitrogens with one attached hydrogen (secondary N) is 2. The van der Waals surface area contributed by atoms with Gasteiger partial charge in [0.05, 0.1) is 11.2 Å². The molecule has 0 unspecified atom stereocenters. The Bertz CT molecular complexity index is 1320. The Morgan fingerprint density at radius 2 is 2.03 bits per heavy atom. The van der Waals surface area contributed by atoms with Crippen LogP contribution >= 0.6 is 0 Å². The van der Waals surface area contributed by atoms with Gasteiger partial charge in [-0.1, -0.05) is 0 Å². The predicted molar refractivity (Wildman–Crippen MR) is 121 cm³/mol. The number of carbonyl (C=O) groups excluding carboxylic acids is 1. The molecule has 0 aliphatic heterocycles. The highest BCUT2D eigenvalue weighted by Gasteiger charge is 2.18. The molecule has 7 nitrogen and oxygen atoms in total. The van der Waals surface area contributed by atoms with Gasteiger partial charge in [0.15, 0.2) is 0 Å². The fourth-order valence-electron chi connectivity index (χ4n) is 3.79. The van der Waals surface area contributed by atoms with Crippen molar-refractivity contribution >= 4 is 16.8 Å². The van der Waals surface area contributed by atoms with E-state index in [0.29, 0.717) is 17.0 Å². The molecule has 0 bridgehead atoms. The number of aromatic nitrogens is 4. The quantitative estimate of drug-likeness (QED) is 0.517. The average Bonchev–Trinajstić information content (AvgIpc) is 3.17. The third-order valence-electron chi connectivity index (χ3n) is 5.36. The summed E-state index contributed by atoms with van der Waals surface area (Å²) in [4.78, 5) is 37.1. The van der Waals surface area contributed by atoms with Crippen LogP contribution in [0.3, 0.4) is 0 Å². The molecule has 1 amide bonds. The lowest BCUT2D eigenvalue weighted by Crippen LogP contribution is -2.28. The Hall–Kier alpha value is -3.74. The summed E-state index contributed by atoms with van der Waals surface area (Å²) >= 11 is 0. The molecule has 0 fully saturated rings. The molecule has 2 N–H and O–H groups in total. The Morgan fingerprint density at radius 3 is 2.71 bits per heavy atom. The molecule has 158 valence electrons. The Morgan fingerprint density at radius 1 is 1.23 bits per heavy atom. The number of aromatic amines is 1. The molecule has 0 radical (unpaired) electrons. The van der Waals surface area contributed by atoms with Gasteiger partial charge in [0, 0.05) is 53.4 Å². The van der Waals surface area contributed by atoms with E-state index in [0.717, 1.165) is 27.7 Å². The SMILES string of the molecule is Cc1cc(C)c(CNC(=O)c2nc(-c3cccnc3)cc3c2ccn3C(C)C)c(=O)[nH]1. The van der Waals surface area contributed by atoms with Gasteiger partial charge < -0.3 is 14.9 Å². The third-order valence-corrected chi connectivity index (χ3v) is 5.36. The van der Waals surface area contributed by atoms with Crippen molar-refractivity contribution in [2.75, 3.05) is 0 Å². The third kappa shape index (κ3) is 3.99. The van der Waals surface area contributed by atoms with Crippen LogP contribution < -0.4 is 10.9 Å². The molecule has 0 aliphatic carbocycles. The van der Waals surface area contributed by atoms with Gasteiger partial charge in [-0.3, -0.25) is 14.6 Å². The van der Waals surface area contributed by atoms with Gasteiger partial charge in [-0.15, -0.1) is 0 Å². The van der Waals surface area contributed by atoms with Gasteiger partial charge in [0.25, 0.3) is 11.5 Å². The topological polar surface area (TPSA) is 92.7 Å². The number of pyridine rings is 3. The fourth-order valence-corrected chi connectivity index (χ4v) is 3.79. The second kappa shape index (κ2) is 8.18. The van der Waals surface area contributed by atoms with Crippen molar-refractivity contribution in [2.45, 2.75) is 40.3 Å². The first-order valence-electron chi connectivity index (χ1n) is 10.2. The highest BCUT2D eigenvalue weighted by molar-refractivity contribution is 6.05. The molecular formula is C24H25N5O2. The Balaban J connectivity index is 1.75. The maximum absolute atomic E-state index is 13.2. The van der Waals surface area contributed by atoms with Crippen LogP contribution in [0.15, 0.2) is 53.7 Å². The predicted octanol–water partition coefficient (Wildman–Crippen LogP) is 3.91. The molecular weight excluding hydrogens is 390 g/mol. The monoisotopic (exact) mass is 415 g/mol. The number of amides is 1. The van der Waals surface area contributed by atoms with E-state index in [-0.39, 0.29) is 24.1 Å². The van der Waals surface area contributed by atoms with Crippen LogP contribution in [0.25, 0.3) is 22.2 Å². The minimum atomic E-state index is -0.323. The summed E-state index contributed by atoms with van der Waals surface area (Å²) in [5.41, 5.74) is 4.76. The standard InChI is InChI=1S/C24H25N5O2/c1-14(2)29-9-7-18-21(29)11-20(17-6-5-8-25-12-17)28-22(18)24(31)26-13-19-15(3)10-16(4)27-23(19)30/h5-12,14H,13H2,1-4H3,(H,26,31)(H,27,30). The van der Waals surface area contributed by atoms with E-state index in [2.05, 4.69) is 38.7 Å². The number of fused-ring (bicyclic) bond motifs is 1. The molecule has 0 saturated heterocycles. The second-order valence-electron chi connectivity index (χ2n) is 7.97. The highest BCUT2D eigenvalue weighted by Crippen LogP contribution is 2.27. The van der Waals surface area contributed by atoms with Gasteiger partial charge in [-0.05, 0) is 63.6 Å². The highest BCUT2D eigenvalue weighted by atomic mass is 16.2. The van der Waals surface area contributed by atoms with Gasteiger partial charge in [0.2, 0.25) is 0 Å². The van der Waals surface area contributed by atoms with Crippen LogP contribution in [0, 0.1) is 13.8 Å². The molecule has 0 spiro atoms.